The first kappa shape index (κ1) is 11.2. The van der Waals surface area contributed by atoms with Crippen LogP contribution in [0.1, 0.15) is 41.0 Å². The second kappa shape index (κ2) is 3.37. The van der Waals surface area contributed by atoms with Crippen LogP contribution in [0.4, 0.5) is 0 Å². The first-order valence-corrected chi connectivity index (χ1v) is 5.15. The van der Waals surface area contributed by atoms with Crippen molar-refractivity contribution in [1.29, 1.82) is 0 Å². The summed E-state index contributed by atoms with van der Waals surface area (Å²) in [4.78, 5) is 24.9. The van der Waals surface area contributed by atoms with Gasteiger partial charge in [0.15, 0.2) is 0 Å². The van der Waals surface area contributed by atoms with Gasteiger partial charge in [-0.1, -0.05) is 20.8 Å². The van der Waals surface area contributed by atoms with Gasteiger partial charge in [-0.2, -0.15) is 0 Å². The van der Waals surface area contributed by atoms with Crippen molar-refractivity contribution in [3.63, 3.8) is 0 Å². The molecule has 14 heavy (non-hydrogen) atoms. The van der Waals surface area contributed by atoms with Crippen LogP contribution in [0.25, 0.3) is 0 Å². The normalized spacial score (nSPS) is 23.9. The highest BCUT2D eigenvalue weighted by molar-refractivity contribution is 6.04. The Labute approximate surface area is 85.5 Å². The van der Waals surface area contributed by atoms with Gasteiger partial charge < -0.3 is 0 Å². The minimum Gasteiger partial charge on any atom is -0.276 e. The van der Waals surface area contributed by atoms with Crippen LogP contribution < -0.4 is 0 Å². The topological polar surface area (TPSA) is 37.4 Å². The summed E-state index contributed by atoms with van der Waals surface area (Å²) in [5.41, 5.74) is -0.362. The molecule has 1 saturated heterocycles. The monoisotopic (exact) mass is 197 g/mol. The summed E-state index contributed by atoms with van der Waals surface area (Å²) in [6, 6.07) is 0. The predicted molar refractivity (Wildman–Crippen MR) is 54.6 cm³/mol. The van der Waals surface area contributed by atoms with E-state index in [4.69, 9.17) is 0 Å². The molecule has 0 radical (unpaired) electrons. The molecule has 3 nitrogen and oxygen atoms in total. The molecule has 2 amide bonds. The average Bonchev–Trinajstić information content (AvgIpc) is 2.26. The molecular formula is C11H19NO2. The van der Waals surface area contributed by atoms with Gasteiger partial charge in [0.25, 0.3) is 0 Å². The summed E-state index contributed by atoms with van der Waals surface area (Å²) >= 11 is 0. The van der Waals surface area contributed by atoms with E-state index in [1.54, 1.807) is 0 Å². The van der Waals surface area contributed by atoms with Crippen LogP contribution in [0.15, 0.2) is 0 Å². The van der Waals surface area contributed by atoms with E-state index in [1.807, 2.05) is 34.6 Å². The molecule has 0 aromatic heterocycles. The van der Waals surface area contributed by atoms with Gasteiger partial charge in [-0.25, -0.2) is 0 Å². The molecule has 1 aliphatic heterocycles. The van der Waals surface area contributed by atoms with E-state index in [1.165, 1.54) is 4.90 Å². The maximum atomic E-state index is 11.8. The Morgan fingerprint density at radius 2 is 1.86 bits per heavy atom. The Kier molecular flexibility index (Phi) is 2.70. The minimum atomic E-state index is -0.362. The number of carbonyl (C=O) groups is 2. The summed E-state index contributed by atoms with van der Waals surface area (Å²) in [6.07, 6.45) is 0.370. The van der Waals surface area contributed by atoms with Crippen LogP contribution >= 0.6 is 0 Å². The second-order valence-corrected chi connectivity index (χ2v) is 4.98. The molecule has 0 saturated carbocycles. The molecule has 80 valence electrons. The van der Waals surface area contributed by atoms with Gasteiger partial charge in [0.1, 0.15) is 0 Å². The Morgan fingerprint density at radius 1 is 1.36 bits per heavy atom. The molecule has 3 heteroatoms. The highest BCUT2D eigenvalue weighted by Crippen LogP contribution is 2.31. The minimum absolute atomic E-state index is 0.0197. The predicted octanol–water partition coefficient (Wildman–Crippen LogP) is 1.82. The summed E-state index contributed by atoms with van der Waals surface area (Å²) < 4.78 is 0. The molecule has 1 fully saturated rings. The highest BCUT2D eigenvalue weighted by atomic mass is 16.2. The summed E-state index contributed by atoms with van der Waals surface area (Å²) in [6.45, 7) is 9.78. The quantitative estimate of drug-likeness (QED) is 0.633. The first-order valence-electron chi connectivity index (χ1n) is 5.15. The lowest BCUT2D eigenvalue weighted by atomic mass is 9.89. The lowest BCUT2D eigenvalue weighted by Crippen LogP contribution is -2.51. The molecule has 0 aliphatic carbocycles. The first-order chi connectivity index (χ1) is 6.28. The van der Waals surface area contributed by atoms with E-state index >= 15 is 0 Å². The van der Waals surface area contributed by atoms with E-state index in [0.717, 1.165) is 0 Å². The molecule has 1 unspecified atom stereocenters. The van der Waals surface area contributed by atoms with E-state index in [9.17, 15) is 9.59 Å². The van der Waals surface area contributed by atoms with Crippen molar-refractivity contribution in [2.45, 2.75) is 46.6 Å². The van der Waals surface area contributed by atoms with E-state index in [0.29, 0.717) is 6.42 Å². The fourth-order valence-corrected chi connectivity index (χ4v) is 1.65. The molecule has 1 atom stereocenters. The molecule has 1 heterocycles. The standard InChI is InChI=1S/C11H19NO2/c1-7(2)11(4,5)12-9(13)6-8(3)10(12)14/h7-8H,6H2,1-5H3. The van der Waals surface area contributed by atoms with Crippen LogP contribution in [-0.2, 0) is 9.59 Å². The molecule has 0 aromatic carbocycles. The third-order valence-corrected chi connectivity index (χ3v) is 3.36. The molecule has 1 aliphatic rings. The lowest BCUT2D eigenvalue weighted by Gasteiger charge is -2.37. The Hall–Kier alpha value is -0.860. The Balaban J connectivity index is 2.98. The zero-order chi connectivity index (χ0) is 11.1. The smallest absolute Gasteiger partial charge is 0.233 e. The Bertz CT molecular complexity index is 268. The van der Waals surface area contributed by atoms with Crippen molar-refractivity contribution in [1.82, 2.24) is 4.90 Å². The number of carbonyl (C=O) groups excluding carboxylic acids is 2. The van der Waals surface area contributed by atoms with E-state index < -0.39 is 0 Å². The van der Waals surface area contributed by atoms with Gasteiger partial charge in [0.05, 0.1) is 0 Å². The van der Waals surface area contributed by atoms with Gasteiger partial charge in [-0.15, -0.1) is 0 Å². The van der Waals surface area contributed by atoms with E-state index in [2.05, 4.69) is 0 Å². The van der Waals surface area contributed by atoms with Crippen molar-refractivity contribution < 1.29 is 9.59 Å². The SMILES string of the molecule is CC1CC(=O)N(C(C)(C)C(C)C)C1=O. The van der Waals surface area contributed by atoms with E-state index in [-0.39, 0.29) is 29.2 Å². The zero-order valence-corrected chi connectivity index (χ0v) is 9.63. The fourth-order valence-electron chi connectivity index (χ4n) is 1.65. The molecule has 0 bridgehead atoms. The van der Waals surface area contributed by atoms with Crippen LogP contribution in [-0.4, -0.2) is 22.3 Å². The number of imide groups is 1. The third-order valence-electron chi connectivity index (χ3n) is 3.36. The molecule has 0 aromatic rings. The molecular weight excluding hydrogens is 178 g/mol. The number of nitrogens with zero attached hydrogens (tertiary/aromatic N) is 1. The fraction of sp³-hybridized carbons (Fsp3) is 0.818. The Morgan fingerprint density at radius 3 is 2.14 bits per heavy atom. The average molecular weight is 197 g/mol. The highest BCUT2D eigenvalue weighted by Gasteiger charge is 2.45. The van der Waals surface area contributed by atoms with Crippen molar-refractivity contribution >= 4 is 11.8 Å². The number of hydrogen-bond acceptors (Lipinski definition) is 2. The second-order valence-electron chi connectivity index (χ2n) is 4.98. The van der Waals surface area contributed by atoms with Gasteiger partial charge in [-0.3, -0.25) is 14.5 Å². The number of rotatable bonds is 2. The van der Waals surface area contributed by atoms with Crippen molar-refractivity contribution in [2.75, 3.05) is 0 Å². The summed E-state index contributed by atoms with van der Waals surface area (Å²) in [5, 5.41) is 0. The van der Waals surface area contributed by atoms with Crippen LogP contribution in [0.2, 0.25) is 0 Å². The summed E-state index contributed by atoms with van der Waals surface area (Å²) in [5.74, 6) is 0.0936. The van der Waals surface area contributed by atoms with Gasteiger partial charge in [-0.05, 0) is 19.8 Å². The number of amides is 2. The summed E-state index contributed by atoms with van der Waals surface area (Å²) in [7, 11) is 0. The molecule has 0 spiro atoms. The van der Waals surface area contributed by atoms with Gasteiger partial charge >= 0.3 is 0 Å². The van der Waals surface area contributed by atoms with Crippen molar-refractivity contribution in [3.05, 3.63) is 0 Å². The van der Waals surface area contributed by atoms with Crippen molar-refractivity contribution in [2.24, 2.45) is 11.8 Å². The maximum absolute atomic E-state index is 11.8. The van der Waals surface area contributed by atoms with Crippen LogP contribution in [0.3, 0.4) is 0 Å². The zero-order valence-electron chi connectivity index (χ0n) is 9.63. The molecule has 0 N–H and O–H groups in total. The van der Waals surface area contributed by atoms with Gasteiger partial charge in [0.2, 0.25) is 11.8 Å². The van der Waals surface area contributed by atoms with Crippen molar-refractivity contribution in [3.8, 4) is 0 Å². The molecule has 1 rings (SSSR count). The largest absolute Gasteiger partial charge is 0.276 e. The number of hydrogen-bond donors (Lipinski definition) is 0. The lowest BCUT2D eigenvalue weighted by molar-refractivity contribution is -0.147. The number of likely N-dealkylation sites (tertiary alicyclic amines) is 1. The van der Waals surface area contributed by atoms with Gasteiger partial charge in [0, 0.05) is 17.9 Å². The third kappa shape index (κ3) is 1.56. The van der Waals surface area contributed by atoms with Crippen LogP contribution in [0, 0.1) is 11.8 Å². The maximum Gasteiger partial charge on any atom is 0.233 e. The van der Waals surface area contributed by atoms with Crippen LogP contribution in [0.5, 0.6) is 0 Å².